The number of fused-ring (bicyclic) bond motifs is 1. The second-order valence-corrected chi connectivity index (χ2v) is 8.15. The van der Waals surface area contributed by atoms with Gasteiger partial charge >= 0.3 is 0 Å². The molecule has 0 spiro atoms. The lowest BCUT2D eigenvalue weighted by atomic mass is 9.91. The van der Waals surface area contributed by atoms with Crippen LogP contribution in [-0.4, -0.2) is 21.1 Å². The summed E-state index contributed by atoms with van der Waals surface area (Å²) in [6.45, 7) is 5.29. The Morgan fingerprint density at radius 3 is 2.58 bits per heavy atom. The van der Waals surface area contributed by atoms with Gasteiger partial charge in [0, 0.05) is 17.3 Å². The van der Waals surface area contributed by atoms with Crippen LogP contribution < -0.4 is 15.8 Å². The van der Waals surface area contributed by atoms with Crippen molar-refractivity contribution in [3.8, 4) is 33.9 Å². The minimum Gasteiger partial charge on any atom is -0.439 e. The van der Waals surface area contributed by atoms with Gasteiger partial charge in [0.1, 0.15) is 11.6 Å². The number of halogens is 1. The van der Waals surface area contributed by atoms with E-state index in [1.54, 1.807) is 12.1 Å². The van der Waals surface area contributed by atoms with Crippen molar-refractivity contribution >= 4 is 28.3 Å². The first kappa shape index (κ1) is 22.8. The van der Waals surface area contributed by atoms with Crippen molar-refractivity contribution in [1.29, 1.82) is 0 Å². The third-order valence-electron chi connectivity index (χ3n) is 5.71. The van der Waals surface area contributed by atoms with E-state index in [0.717, 1.165) is 39.4 Å². The van der Waals surface area contributed by atoms with E-state index in [1.165, 1.54) is 12.1 Å². The molecule has 0 aliphatic rings. The molecule has 4 N–H and O–H groups in total. The first-order chi connectivity index (χ1) is 17.4. The number of anilines is 2. The summed E-state index contributed by atoms with van der Waals surface area (Å²) in [6, 6.07) is 21.4. The number of nitrogens with two attached hydrogens (primary N) is 1. The van der Waals surface area contributed by atoms with E-state index in [4.69, 9.17) is 10.5 Å². The molecule has 0 saturated heterocycles. The van der Waals surface area contributed by atoms with Crippen molar-refractivity contribution in [3.63, 3.8) is 0 Å². The maximum atomic E-state index is 14.9. The van der Waals surface area contributed by atoms with Crippen LogP contribution in [0.5, 0.6) is 11.6 Å². The van der Waals surface area contributed by atoms with Gasteiger partial charge in [0.2, 0.25) is 11.8 Å². The monoisotopic (exact) mass is 479 g/mol. The highest BCUT2D eigenvalue weighted by atomic mass is 19.1. The van der Waals surface area contributed by atoms with Crippen LogP contribution in [0, 0.1) is 12.7 Å². The van der Waals surface area contributed by atoms with Gasteiger partial charge in [-0.2, -0.15) is 5.10 Å². The second-order valence-electron chi connectivity index (χ2n) is 8.15. The molecule has 1 amide bonds. The zero-order chi connectivity index (χ0) is 25.2. The number of pyridine rings is 1. The Morgan fingerprint density at radius 1 is 1.08 bits per heavy atom. The topological polar surface area (TPSA) is 106 Å². The van der Waals surface area contributed by atoms with E-state index in [1.807, 2.05) is 55.5 Å². The van der Waals surface area contributed by atoms with Crippen molar-refractivity contribution in [2.75, 3.05) is 11.1 Å². The number of aryl methyl sites for hydroxylation is 1. The van der Waals surface area contributed by atoms with Gasteiger partial charge in [-0.05, 0) is 66.1 Å². The number of benzene rings is 3. The lowest BCUT2D eigenvalue weighted by Gasteiger charge is -2.14. The predicted octanol–water partition coefficient (Wildman–Crippen LogP) is 6.24. The van der Waals surface area contributed by atoms with E-state index in [-0.39, 0.29) is 5.69 Å². The Bertz CT molecular complexity index is 1610. The summed E-state index contributed by atoms with van der Waals surface area (Å²) >= 11 is 0. The molecule has 5 aromatic rings. The van der Waals surface area contributed by atoms with E-state index in [0.29, 0.717) is 23.0 Å². The van der Waals surface area contributed by atoms with Gasteiger partial charge in [-0.15, -0.1) is 0 Å². The van der Waals surface area contributed by atoms with Gasteiger partial charge in [-0.1, -0.05) is 36.9 Å². The van der Waals surface area contributed by atoms with Crippen molar-refractivity contribution < 1.29 is 13.9 Å². The minimum atomic E-state index is -0.566. The predicted molar refractivity (Wildman–Crippen MR) is 139 cm³/mol. The summed E-state index contributed by atoms with van der Waals surface area (Å²) in [7, 11) is 0. The molecule has 178 valence electrons. The highest BCUT2D eigenvalue weighted by molar-refractivity contribution is 6.08. The summed E-state index contributed by atoms with van der Waals surface area (Å²) in [5.74, 6) is 0.408. The fourth-order valence-electron chi connectivity index (χ4n) is 4.03. The molecule has 0 radical (unpaired) electrons. The SMILES string of the molecule is C=CC(=O)Nc1ccc(-c2ccc3[nH]nc(N)c3c2-c2ccc(Oc3cccc(C)n3)cc2)cc1F. The van der Waals surface area contributed by atoms with Crippen LogP contribution in [0.2, 0.25) is 0 Å². The number of rotatable bonds is 6. The molecule has 0 atom stereocenters. The van der Waals surface area contributed by atoms with E-state index < -0.39 is 11.7 Å². The summed E-state index contributed by atoms with van der Waals surface area (Å²) in [4.78, 5) is 16.0. The number of aromatic amines is 1. The Balaban J connectivity index is 1.58. The lowest BCUT2D eigenvalue weighted by molar-refractivity contribution is -0.111. The molecule has 0 bridgehead atoms. The molecule has 2 aromatic heterocycles. The maximum absolute atomic E-state index is 14.9. The third-order valence-corrected chi connectivity index (χ3v) is 5.71. The zero-order valence-electron chi connectivity index (χ0n) is 19.4. The Morgan fingerprint density at radius 2 is 1.86 bits per heavy atom. The van der Waals surface area contributed by atoms with Crippen molar-refractivity contribution in [2.24, 2.45) is 0 Å². The molecular weight excluding hydrogens is 457 g/mol. The number of carbonyl (C=O) groups is 1. The first-order valence-corrected chi connectivity index (χ1v) is 11.1. The lowest BCUT2D eigenvalue weighted by Crippen LogP contribution is -2.08. The molecule has 8 heteroatoms. The van der Waals surface area contributed by atoms with E-state index >= 15 is 0 Å². The fraction of sp³-hybridized carbons (Fsp3) is 0.0357. The standard InChI is InChI=1S/C28H22FN5O2/c1-3-24(35)32-22-13-9-18(15-21(22)29)20-12-14-23-27(28(30)34-33-23)26(20)17-7-10-19(11-8-17)36-25-6-4-5-16(2)31-25/h3-15H,1H2,2H3,(H,32,35)(H3,30,33,34). The number of amides is 1. The number of nitrogen functional groups attached to an aromatic ring is 1. The van der Waals surface area contributed by atoms with Crippen LogP contribution in [0.25, 0.3) is 33.2 Å². The van der Waals surface area contributed by atoms with Gasteiger partial charge in [-0.3, -0.25) is 9.89 Å². The highest BCUT2D eigenvalue weighted by Crippen LogP contribution is 2.41. The molecule has 3 aromatic carbocycles. The molecule has 7 nitrogen and oxygen atoms in total. The number of ether oxygens (including phenoxy) is 1. The third kappa shape index (κ3) is 4.39. The Labute approximate surface area is 206 Å². The summed E-state index contributed by atoms with van der Waals surface area (Å²) in [5.41, 5.74) is 10.9. The largest absolute Gasteiger partial charge is 0.439 e. The van der Waals surface area contributed by atoms with Crippen LogP contribution in [0.15, 0.2) is 85.5 Å². The number of nitrogens with zero attached hydrogens (tertiary/aromatic N) is 2. The molecule has 2 heterocycles. The van der Waals surface area contributed by atoms with Gasteiger partial charge < -0.3 is 15.8 Å². The summed E-state index contributed by atoms with van der Waals surface area (Å²) in [6.07, 6.45) is 1.09. The summed E-state index contributed by atoms with van der Waals surface area (Å²) < 4.78 is 20.8. The first-order valence-electron chi connectivity index (χ1n) is 11.1. The van der Waals surface area contributed by atoms with Crippen LogP contribution in [0.3, 0.4) is 0 Å². The Kier molecular flexibility index (Phi) is 5.92. The van der Waals surface area contributed by atoms with Crippen LogP contribution in [0.4, 0.5) is 15.9 Å². The summed E-state index contributed by atoms with van der Waals surface area (Å²) in [5, 5.41) is 10.3. The number of hydrogen-bond donors (Lipinski definition) is 3. The number of H-pyrrole nitrogens is 1. The molecule has 0 aliphatic carbocycles. The molecular formula is C28H22FN5O2. The van der Waals surface area contributed by atoms with Gasteiger partial charge in [0.15, 0.2) is 5.82 Å². The number of nitrogens with one attached hydrogen (secondary N) is 2. The molecule has 0 unspecified atom stereocenters. The maximum Gasteiger partial charge on any atom is 0.247 e. The quantitative estimate of drug-likeness (QED) is 0.250. The highest BCUT2D eigenvalue weighted by Gasteiger charge is 2.17. The number of carbonyl (C=O) groups excluding carboxylic acids is 1. The zero-order valence-corrected chi connectivity index (χ0v) is 19.4. The van der Waals surface area contributed by atoms with Crippen molar-refractivity contribution in [3.05, 3.63) is 97.0 Å². The van der Waals surface area contributed by atoms with E-state index in [2.05, 4.69) is 27.1 Å². The number of aromatic nitrogens is 3. The number of hydrogen-bond acceptors (Lipinski definition) is 5. The van der Waals surface area contributed by atoms with Gasteiger partial charge in [-0.25, -0.2) is 9.37 Å². The van der Waals surface area contributed by atoms with Crippen molar-refractivity contribution in [2.45, 2.75) is 6.92 Å². The van der Waals surface area contributed by atoms with Crippen LogP contribution >= 0.6 is 0 Å². The molecule has 0 aliphatic heterocycles. The second kappa shape index (κ2) is 9.34. The molecule has 0 fully saturated rings. The average molecular weight is 480 g/mol. The Hall–Kier alpha value is -4.98. The van der Waals surface area contributed by atoms with Crippen molar-refractivity contribution in [1.82, 2.24) is 15.2 Å². The van der Waals surface area contributed by atoms with Crippen LogP contribution in [0.1, 0.15) is 5.69 Å². The van der Waals surface area contributed by atoms with Gasteiger partial charge in [0.25, 0.3) is 0 Å². The van der Waals surface area contributed by atoms with Gasteiger partial charge in [0.05, 0.1) is 16.6 Å². The minimum absolute atomic E-state index is 0.0698. The molecule has 36 heavy (non-hydrogen) atoms. The average Bonchev–Trinajstić information content (AvgIpc) is 3.26. The smallest absolute Gasteiger partial charge is 0.247 e. The van der Waals surface area contributed by atoms with E-state index in [9.17, 15) is 9.18 Å². The molecule has 0 saturated carbocycles. The normalized spacial score (nSPS) is 10.8. The molecule has 5 rings (SSSR count). The fourth-order valence-corrected chi connectivity index (χ4v) is 4.03. The van der Waals surface area contributed by atoms with Crippen LogP contribution in [-0.2, 0) is 4.79 Å².